The third kappa shape index (κ3) is 4.37. The van der Waals surface area contributed by atoms with E-state index in [0.29, 0.717) is 5.57 Å². The van der Waals surface area contributed by atoms with Gasteiger partial charge in [0.2, 0.25) is 0 Å². The fourth-order valence-corrected chi connectivity index (χ4v) is 2.60. The quantitative estimate of drug-likeness (QED) is 0.762. The Bertz CT molecular complexity index is 373. The van der Waals surface area contributed by atoms with Gasteiger partial charge in [-0.25, -0.2) is 0 Å². The van der Waals surface area contributed by atoms with Gasteiger partial charge in [0.25, 0.3) is 0 Å². The van der Waals surface area contributed by atoms with Crippen LogP contribution in [0, 0.1) is 0 Å². The first-order valence-electron chi connectivity index (χ1n) is 7.50. The van der Waals surface area contributed by atoms with E-state index in [9.17, 15) is 5.11 Å². The van der Waals surface area contributed by atoms with E-state index >= 15 is 0 Å². The molecule has 0 aromatic heterocycles. The van der Waals surface area contributed by atoms with Crippen molar-refractivity contribution < 1.29 is 24.1 Å². The van der Waals surface area contributed by atoms with Crippen molar-refractivity contribution in [3.8, 4) is 0 Å². The van der Waals surface area contributed by atoms with Gasteiger partial charge in [-0.05, 0) is 38.7 Å². The fourth-order valence-electron chi connectivity index (χ4n) is 2.60. The third-order valence-corrected chi connectivity index (χ3v) is 3.72. The highest BCUT2D eigenvalue weighted by Gasteiger charge is 2.44. The molecule has 120 valence electrons. The molecule has 0 aromatic carbocycles. The second-order valence-electron chi connectivity index (χ2n) is 6.01. The van der Waals surface area contributed by atoms with E-state index in [2.05, 4.69) is 13.2 Å². The summed E-state index contributed by atoms with van der Waals surface area (Å²) >= 11 is 0. The smallest absolute Gasteiger partial charge is 0.164 e. The fraction of sp³-hybridized carbons (Fsp3) is 0.750. The summed E-state index contributed by atoms with van der Waals surface area (Å²) in [5.74, 6) is -0.738. The lowest BCUT2D eigenvalue weighted by molar-refractivity contribution is -0.163. The molecule has 2 heterocycles. The Kier molecular flexibility index (Phi) is 5.57. The molecule has 2 saturated heterocycles. The van der Waals surface area contributed by atoms with Crippen LogP contribution in [0.15, 0.2) is 24.8 Å². The van der Waals surface area contributed by atoms with Gasteiger partial charge in [0.05, 0.1) is 6.61 Å². The molecule has 0 saturated carbocycles. The topological polar surface area (TPSA) is 57.2 Å². The van der Waals surface area contributed by atoms with E-state index in [1.54, 1.807) is 6.08 Å². The third-order valence-electron chi connectivity index (χ3n) is 3.72. The van der Waals surface area contributed by atoms with Gasteiger partial charge in [-0.1, -0.05) is 12.7 Å². The largest absolute Gasteiger partial charge is 0.386 e. The van der Waals surface area contributed by atoms with Crippen molar-refractivity contribution in [3.05, 3.63) is 24.8 Å². The summed E-state index contributed by atoms with van der Waals surface area (Å²) < 4.78 is 22.5. The standard InChI is InChI=1S/C16H26O5/c1-5-12-15(21-16(3,4)20-12)14(17)11(2)10-19-13-8-6-7-9-18-13/h5,12-15,17H,1-2,6-10H2,3-4H3/t12-,13?,14?,15-/m0/s1. The molecule has 0 bridgehead atoms. The van der Waals surface area contributed by atoms with Crippen LogP contribution in [0.25, 0.3) is 0 Å². The Balaban J connectivity index is 1.85. The van der Waals surface area contributed by atoms with E-state index in [1.807, 2.05) is 13.8 Å². The molecular weight excluding hydrogens is 272 g/mol. The molecule has 2 fully saturated rings. The Morgan fingerprint density at radius 1 is 1.43 bits per heavy atom. The van der Waals surface area contributed by atoms with Gasteiger partial charge in [0, 0.05) is 6.61 Å². The van der Waals surface area contributed by atoms with Crippen molar-refractivity contribution in [3.63, 3.8) is 0 Å². The Hall–Kier alpha value is -0.720. The number of rotatable bonds is 6. The first kappa shape index (κ1) is 16.6. The summed E-state index contributed by atoms with van der Waals surface area (Å²) in [6.07, 6.45) is 2.76. The van der Waals surface area contributed by atoms with Gasteiger partial charge in [0.15, 0.2) is 12.1 Å². The van der Waals surface area contributed by atoms with Crippen molar-refractivity contribution in [1.82, 2.24) is 0 Å². The number of hydrogen-bond acceptors (Lipinski definition) is 5. The highest BCUT2D eigenvalue weighted by molar-refractivity contribution is 5.10. The molecule has 0 aliphatic carbocycles. The van der Waals surface area contributed by atoms with E-state index < -0.39 is 18.0 Å². The predicted octanol–water partition coefficient (Wildman–Crippen LogP) is 2.15. The molecule has 4 atom stereocenters. The highest BCUT2D eigenvalue weighted by atomic mass is 16.8. The number of hydrogen-bond donors (Lipinski definition) is 1. The molecule has 2 aliphatic rings. The minimum atomic E-state index is -0.863. The lowest BCUT2D eigenvalue weighted by Crippen LogP contribution is -2.37. The van der Waals surface area contributed by atoms with Crippen LogP contribution in [-0.2, 0) is 18.9 Å². The lowest BCUT2D eigenvalue weighted by Gasteiger charge is -2.26. The molecule has 0 aromatic rings. The van der Waals surface area contributed by atoms with Crippen molar-refractivity contribution in [1.29, 1.82) is 0 Å². The van der Waals surface area contributed by atoms with Crippen LogP contribution in [-0.4, -0.2) is 48.7 Å². The predicted molar refractivity (Wildman–Crippen MR) is 78.7 cm³/mol. The molecule has 5 heteroatoms. The van der Waals surface area contributed by atoms with Crippen molar-refractivity contribution >= 4 is 0 Å². The highest BCUT2D eigenvalue weighted by Crippen LogP contribution is 2.32. The van der Waals surface area contributed by atoms with Gasteiger partial charge in [-0.3, -0.25) is 0 Å². The molecule has 21 heavy (non-hydrogen) atoms. The molecule has 2 aliphatic heterocycles. The molecular formula is C16H26O5. The average Bonchev–Trinajstić information content (AvgIpc) is 2.80. The van der Waals surface area contributed by atoms with Crippen LogP contribution in [0.2, 0.25) is 0 Å². The zero-order valence-corrected chi connectivity index (χ0v) is 12.9. The molecule has 2 unspecified atom stereocenters. The van der Waals surface area contributed by atoms with Crippen molar-refractivity contribution in [2.75, 3.05) is 13.2 Å². The summed E-state index contributed by atoms with van der Waals surface area (Å²) in [5.41, 5.74) is 0.558. The molecule has 5 nitrogen and oxygen atoms in total. The van der Waals surface area contributed by atoms with E-state index in [4.69, 9.17) is 18.9 Å². The van der Waals surface area contributed by atoms with Crippen LogP contribution < -0.4 is 0 Å². The number of ether oxygens (including phenoxy) is 4. The van der Waals surface area contributed by atoms with Crippen LogP contribution >= 0.6 is 0 Å². The average molecular weight is 298 g/mol. The summed E-state index contributed by atoms with van der Waals surface area (Å²) in [7, 11) is 0. The SMILES string of the molecule is C=C[C@@H]1OC(C)(C)O[C@@H]1C(O)C(=C)COC1CCCCO1. The lowest BCUT2D eigenvalue weighted by atomic mass is 10.0. The van der Waals surface area contributed by atoms with E-state index in [1.165, 1.54) is 0 Å². The second kappa shape index (κ2) is 7.03. The Morgan fingerprint density at radius 2 is 2.19 bits per heavy atom. The zero-order chi connectivity index (χ0) is 15.5. The summed E-state index contributed by atoms with van der Waals surface area (Å²) in [5, 5.41) is 10.4. The zero-order valence-electron chi connectivity index (χ0n) is 12.9. The molecule has 2 rings (SSSR count). The molecule has 1 N–H and O–H groups in total. The maximum Gasteiger partial charge on any atom is 0.164 e. The van der Waals surface area contributed by atoms with Crippen molar-refractivity contribution in [2.45, 2.75) is 63.5 Å². The first-order chi connectivity index (χ1) is 9.93. The van der Waals surface area contributed by atoms with Crippen LogP contribution in [0.4, 0.5) is 0 Å². The van der Waals surface area contributed by atoms with Gasteiger partial charge in [0.1, 0.15) is 18.3 Å². The van der Waals surface area contributed by atoms with E-state index in [-0.39, 0.29) is 19.0 Å². The minimum absolute atomic E-state index is 0.199. The number of aliphatic hydroxyl groups excluding tert-OH is 1. The summed E-state index contributed by atoms with van der Waals surface area (Å²) in [6.45, 7) is 12.2. The normalized spacial score (nSPS) is 33.6. The molecule has 0 amide bonds. The minimum Gasteiger partial charge on any atom is -0.386 e. The van der Waals surface area contributed by atoms with Gasteiger partial charge in [-0.15, -0.1) is 6.58 Å². The Labute approximate surface area is 126 Å². The maximum atomic E-state index is 10.4. The maximum absolute atomic E-state index is 10.4. The van der Waals surface area contributed by atoms with Crippen LogP contribution in [0.3, 0.4) is 0 Å². The molecule has 0 spiro atoms. The second-order valence-corrected chi connectivity index (χ2v) is 6.01. The van der Waals surface area contributed by atoms with Crippen molar-refractivity contribution in [2.24, 2.45) is 0 Å². The summed E-state index contributed by atoms with van der Waals surface area (Å²) in [4.78, 5) is 0. The van der Waals surface area contributed by atoms with Crippen LogP contribution in [0.1, 0.15) is 33.1 Å². The van der Waals surface area contributed by atoms with Gasteiger partial charge >= 0.3 is 0 Å². The first-order valence-corrected chi connectivity index (χ1v) is 7.50. The monoisotopic (exact) mass is 298 g/mol. The Morgan fingerprint density at radius 3 is 2.81 bits per heavy atom. The van der Waals surface area contributed by atoms with Gasteiger partial charge < -0.3 is 24.1 Å². The van der Waals surface area contributed by atoms with E-state index in [0.717, 1.165) is 25.9 Å². The molecule has 0 radical (unpaired) electrons. The van der Waals surface area contributed by atoms with Gasteiger partial charge in [-0.2, -0.15) is 0 Å². The van der Waals surface area contributed by atoms with Crippen LogP contribution in [0.5, 0.6) is 0 Å². The number of aliphatic hydroxyl groups is 1. The summed E-state index contributed by atoms with van der Waals surface area (Å²) in [6, 6.07) is 0.